The van der Waals surface area contributed by atoms with Gasteiger partial charge >= 0.3 is 0 Å². The van der Waals surface area contributed by atoms with Crippen LogP contribution in [-0.4, -0.2) is 45.3 Å². The van der Waals surface area contributed by atoms with E-state index in [9.17, 15) is 14.0 Å². The predicted octanol–water partition coefficient (Wildman–Crippen LogP) is 3.84. The van der Waals surface area contributed by atoms with Crippen molar-refractivity contribution in [1.29, 1.82) is 0 Å². The molecule has 0 bridgehead atoms. The number of hydrogen-bond donors (Lipinski definition) is 1. The summed E-state index contributed by atoms with van der Waals surface area (Å²) in [7, 11) is 1.74. The molecule has 166 valence electrons. The van der Waals surface area contributed by atoms with E-state index in [2.05, 4.69) is 20.3 Å². The number of anilines is 1. The highest BCUT2D eigenvalue weighted by Gasteiger charge is 2.10. The van der Waals surface area contributed by atoms with Gasteiger partial charge in [-0.1, -0.05) is 6.07 Å². The summed E-state index contributed by atoms with van der Waals surface area (Å²) in [6.45, 7) is 3.53. The van der Waals surface area contributed by atoms with Crippen molar-refractivity contribution in [3.8, 4) is 22.8 Å². The molecule has 2 amide bonds. The van der Waals surface area contributed by atoms with Gasteiger partial charge in [-0.15, -0.1) is 0 Å². The van der Waals surface area contributed by atoms with Gasteiger partial charge in [-0.25, -0.2) is 14.4 Å². The van der Waals surface area contributed by atoms with Crippen LogP contribution >= 0.6 is 0 Å². The van der Waals surface area contributed by atoms with E-state index in [1.807, 2.05) is 0 Å². The monoisotopic (exact) mass is 437 g/mol. The zero-order valence-electron chi connectivity index (χ0n) is 18.1. The number of carbonyl (C=O) groups excluding carboxylic acids is 2. The first kappa shape index (κ1) is 22.8. The molecule has 1 aromatic carbocycles. The minimum Gasteiger partial charge on any atom is -0.434 e. The van der Waals surface area contributed by atoms with Crippen molar-refractivity contribution < 1.29 is 18.7 Å². The largest absolute Gasteiger partial charge is 0.434 e. The summed E-state index contributed by atoms with van der Waals surface area (Å²) in [5, 5.41) is 2.58. The van der Waals surface area contributed by atoms with Crippen molar-refractivity contribution in [3.05, 3.63) is 60.4 Å². The molecule has 0 radical (unpaired) electrons. The zero-order valence-corrected chi connectivity index (χ0v) is 18.1. The maximum absolute atomic E-state index is 14.7. The smallest absolute Gasteiger partial charge is 0.238 e. The Morgan fingerprint density at radius 3 is 2.53 bits per heavy atom. The molecule has 0 spiro atoms. The molecule has 2 aromatic heterocycles. The van der Waals surface area contributed by atoms with Gasteiger partial charge in [0.25, 0.3) is 0 Å². The number of pyridine rings is 1. The van der Waals surface area contributed by atoms with Crippen molar-refractivity contribution in [3.63, 3.8) is 0 Å². The maximum Gasteiger partial charge on any atom is 0.238 e. The second-order valence-electron chi connectivity index (χ2n) is 7.25. The molecule has 3 rings (SSSR count). The second kappa shape index (κ2) is 10.4. The van der Waals surface area contributed by atoms with E-state index in [4.69, 9.17) is 4.74 Å². The second-order valence-corrected chi connectivity index (χ2v) is 7.25. The number of aromatic nitrogens is 3. The van der Waals surface area contributed by atoms with Crippen LogP contribution in [0.5, 0.6) is 11.6 Å². The van der Waals surface area contributed by atoms with Crippen LogP contribution in [0.1, 0.15) is 26.0 Å². The Bertz CT molecular complexity index is 1110. The molecule has 9 heteroatoms. The van der Waals surface area contributed by atoms with Crippen LogP contribution in [0, 0.1) is 5.82 Å². The van der Waals surface area contributed by atoms with Gasteiger partial charge in [0.15, 0.2) is 11.6 Å². The third-order valence-corrected chi connectivity index (χ3v) is 4.67. The predicted molar refractivity (Wildman–Crippen MR) is 118 cm³/mol. The Hall–Kier alpha value is -3.88. The average Bonchev–Trinajstić information content (AvgIpc) is 2.75. The molecule has 0 fully saturated rings. The molecular weight excluding hydrogens is 413 g/mol. The van der Waals surface area contributed by atoms with Crippen LogP contribution < -0.4 is 10.1 Å². The van der Waals surface area contributed by atoms with Gasteiger partial charge in [0.1, 0.15) is 5.82 Å². The van der Waals surface area contributed by atoms with Crippen molar-refractivity contribution >= 4 is 17.6 Å². The molecule has 0 aliphatic carbocycles. The number of halogens is 1. The Balaban J connectivity index is 1.65. The molecule has 8 nitrogen and oxygen atoms in total. The van der Waals surface area contributed by atoms with Crippen LogP contribution in [0.2, 0.25) is 0 Å². The van der Waals surface area contributed by atoms with Crippen LogP contribution in [0.25, 0.3) is 11.1 Å². The van der Waals surface area contributed by atoms with E-state index in [1.54, 1.807) is 42.5 Å². The summed E-state index contributed by atoms with van der Waals surface area (Å²) in [4.78, 5) is 36.6. The SMILES string of the molecule is CC(=O)Nc1ccc(-c2ccc(Oc3cncc(CCCN(C)C(C)=O)n3)c(F)c2)cn1. The van der Waals surface area contributed by atoms with E-state index < -0.39 is 5.82 Å². The molecule has 0 saturated heterocycles. The molecule has 0 aliphatic heterocycles. The normalized spacial score (nSPS) is 10.5. The van der Waals surface area contributed by atoms with E-state index in [1.165, 1.54) is 32.2 Å². The molecule has 0 atom stereocenters. The molecular formula is C23H24FN5O3. The summed E-state index contributed by atoms with van der Waals surface area (Å²) in [6, 6.07) is 7.96. The lowest BCUT2D eigenvalue weighted by atomic mass is 10.1. The fourth-order valence-electron chi connectivity index (χ4n) is 2.91. The maximum atomic E-state index is 14.7. The van der Waals surface area contributed by atoms with E-state index in [0.717, 1.165) is 6.42 Å². The van der Waals surface area contributed by atoms with Crippen molar-refractivity contribution in [2.75, 3.05) is 18.9 Å². The topological polar surface area (TPSA) is 97.3 Å². The number of hydrogen-bond acceptors (Lipinski definition) is 6. The Morgan fingerprint density at radius 2 is 1.88 bits per heavy atom. The minimum atomic E-state index is -0.552. The molecule has 0 unspecified atom stereocenters. The number of ether oxygens (including phenoxy) is 1. The van der Waals surface area contributed by atoms with E-state index in [0.29, 0.717) is 35.6 Å². The number of amides is 2. The van der Waals surface area contributed by atoms with Gasteiger partial charge in [-0.2, -0.15) is 0 Å². The third kappa shape index (κ3) is 6.31. The number of benzene rings is 1. The highest BCUT2D eigenvalue weighted by atomic mass is 19.1. The summed E-state index contributed by atoms with van der Waals surface area (Å²) >= 11 is 0. The van der Waals surface area contributed by atoms with Crippen LogP contribution in [0.15, 0.2) is 48.9 Å². The molecule has 0 saturated carbocycles. The third-order valence-electron chi connectivity index (χ3n) is 4.67. The summed E-state index contributed by atoms with van der Waals surface area (Å²) in [5.41, 5.74) is 2.01. The lowest BCUT2D eigenvalue weighted by Crippen LogP contribution is -2.25. The number of nitrogens with zero attached hydrogens (tertiary/aromatic N) is 4. The lowest BCUT2D eigenvalue weighted by molar-refractivity contribution is -0.127. The Morgan fingerprint density at radius 1 is 1.09 bits per heavy atom. The molecule has 1 N–H and O–H groups in total. The Labute approximate surface area is 185 Å². The van der Waals surface area contributed by atoms with Crippen LogP contribution in [-0.2, 0) is 16.0 Å². The standard InChI is InChI=1S/C23H24FN5O3/c1-15(30)27-22-9-7-18(12-26-22)17-6-8-21(20(24)11-17)32-23-14-25-13-19(28-23)5-4-10-29(3)16(2)31/h6-9,11-14H,4-5,10H2,1-3H3,(H,26,27,30). The number of nitrogens with one attached hydrogen (secondary N) is 1. The van der Waals surface area contributed by atoms with Crippen LogP contribution in [0.3, 0.4) is 0 Å². The fraction of sp³-hybridized carbons (Fsp3) is 0.261. The van der Waals surface area contributed by atoms with Gasteiger partial charge in [0, 0.05) is 45.4 Å². The van der Waals surface area contributed by atoms with Gasteiger partial charge in [0.2, 0.25) is 17.7 Å². The first-order valence-corrected chi connectivity index (χ1v) is 10.1. The fourth-order valence-corrected chi connectivity index (χ4v) is 2.91. The lowest BCUT2D eigenvalue weighted by Gasteiger charge is -2.14. The highest BCUT2D eigenvalue weighted by Crippen LogP contribution is 2.28. The molecule has 0 aliphatic rings. The molecule has 32 heavy (non-hydrogen) atoms. The minimum absolute atomic E-state index is 0.00606. The zero-order chi connectivity index (χ0) is 23.1. The quantitative estimate of drug-likeness (QED) is 0.575. The van der Waals surface area contributed by atoms with Crippen molar-refractivity contribution in [2.24, 2.45) is 0 Å². The molecule has 3 aromatic rings. The van der Waals surface area contributed by atoms with Gasteiger partial charge < -0.3 is 15.0 Å². The van der Waals surface area contributed by atoms with E-state index >= 15 is 0 Å². The van der Waals surface area contributed by atoms with E-state index in [-0.39, 0.29) is 23.4 Å². The van der Waals surface area contributed by atoms with Crippen LogP contribution in [0.4, 0.5) is 10.2 Å². The van der Waals surface area contributed by atoms with Gasteiger partial charge in [-0.3, -0.25) is 14.6 Å². The number of aryl methyl sites for hydroxylation is 1. The number of carbonyl (C=O) groups is 2. The summed E-state index contributed by atoms with van der Waals surface area (Å²) in [5.74, 6) is -0.119. The average molecular weight is 437 g/mol. The first-order valence-electron chi connectivity index (χ1n) is 10.1. The van der Waals surface area contributed by atoms with Crippen molar-refractivity contribution in [1.82, 2.24) is 19.9 Å². The molecule has 2 heterocycles. The van der Waals surface area contributed by atoms with Gasteiger partial charge in [-0.05, 0) is 42.7 Å². The van der Waals surface area contributed by atoms with Gasteiger partial charge in [0.05, 0.1) is 11.9 Å². The first-order chi connectivity index (χ1) is 15.3. The van der Waals surface area contributed by atoms with Crippen molar-refractivity contribution in [2.45, 2.75) is 26.7 Å². The Kier molecular flexibility index (Phi) is 7.43. The number of rotatable bonds is 8. The summed E-state index contributed by atoms with van der Waals surface area (Å²) < 4.78 is 20.2. The summed E-state index contributed by atoms with van der Waals surface area (Å²) in [6.07, 6.45) is 5.94. The highest BCUT2D eigenvalue weighted by molar-refractivity contribution is 5.87.